The Kier molecular flexibility index (Phi) is 2.11. The molecule has 0 saturated carbocycles. The van der Waals surface area contributed by atoms with Gasteiger partial charge >= 0.3 is 0 Å². The van der Waals surface area contributed by atoms with E-state index < -0.39 is 0 Å². The fraction of sp³-hybridized carbons (Fsp3) is 0. The quantitative estimate of drug-likeness (QED) is 0.651. The van der Waals surface area contributed by atoms with Crippen molar-refractivity contribution >= 4 is 22.5 Å². The van der Waals surface area contributed by atoms with Crippen molar-refractivity contribution in [3.05, 3.63) is 48.0 Å². The van der Waals surface area contributed by atoms with E-state index in [2.05, 4.69) is 21.0 Å². The molecular weight excluding hydrogens is 222 g/mol. The Hall–Kier alpha value is -1.87. The molecule has 1 N–H and O–H groups in total. The Bertz CT molecular complexity index is 645. The molecule has 0 radical (unpaired) electrons. The van der Waals surface area contributed by atoms with Gasteiger partial charge in [0.2, 0.25) is 5.28 Å². The average molecular weight is 230 g/mol. The smallest absolute Gasteiger partial charge is 0.222 e. The first-order valence-corrected chi connectivity index (χ1v) is 5.27. The largest absolute Gasteiger partial charge is 0.360 e. The van der Waals surface area contributed by atoms with Crippen molar-refractivity contribution in [3.8, 4) is 11.3 Å². The number of H-pyrrole nitrogens is 1. The highest BCUT2D eigenvalue weighted by Crippen LogP contribution is 2.26. The van der Waals surface area contributed by atoms with Crippen LogP contribution < -0.4 is 0 Å². The third kappa shape index (κ3) is 1.46. The highest BCUT2D eigenvalue weighted by molar-refractivity contribution is 6.28. The molecule has 0 saturated heterocycles. The maximum Gasteiger partial charge on any atom is 0.222 e. The summed E-state index contributed by atoms with van der Waals surface area (Å²) in [5.74, 6) is 0. The number of nitrogens with zero attached hydrogens (tertiary/aromatic N) is 2. The average Bonchev–Trinajstić information content (AvgIpc) is 2.72. The van der Waals surface area contributed by atoms with Crippen LogP contribution in [0.2, 0.25) is 5.28 Å². The molecule has 3 rings (SSSR count). The molecule has 0 aliphatic carbocycles. The maximum atomic E-state index is 5.78. The van der Waals surface area contributed by atoms with Crippen molar-refractivity contribution in [2.24, 2.45) is 0 Å². The highest BCUT2D eigenvalue weighted by Gasteiger charge is 2.06. The van der Waals surface area contributed by atoms with Gasteiger partial charge in [0.05, 0.1) is 5.69 Å². The summed E-state index contributed by atoms with van der Waals surface area (Å²) in [6.07, 6.45) is 3.59. The second-order valence-electron chi connectivity index (χ2n) is 3.46. The predicted octanol–water partition coefficient (Wildman–Crippen LogP) is 3.28. The fourth-order valence-corrected chi connectivity index (χ4v) is 1.92. The first-order valence-electron chi connectivity index (χ1n) is 4.89. The summed E-state index contributed by atoms with van der Waals surface area (Å²) in [6.45, 7) is 0. The number of hydrogen-bond donors (Lipinski definition) is 1. The molecule has 0 aliphatic heterocycles. The molecule has 16 heavy (non-hydrogen) atoms. The van der Waals surface area contributed by atoms with Crippen LogP contribution in [0.4, 0.5) is 0 Å². The van der Waals surface area contributed by atoms with Gasteiger partial charge < -0.3 is 4.98 Å². The standard InChI is InChI=1S/C12H8ClN3/c13-12-14-6-5-11(16-12)9-7-15-10-4-2-1-3-8(9)10/h1-7,15H. The lowest BCUT2D eigenvalue weighted by atomic mass is 10.1. The lowest BCUT2D eigenvalue weighted by Crippen LogP contribution is -1.84. The molecule has 0 fully saturated rings. The number of para-hydroxylation sites is 1. The number of hydrogen-bond acceptors (Lipinski definition) is 2. The Labute approximate surface area is 97.1 Å². The van der Waals surface area contributed by atoms with Crippen molar-refractivity contribution in [2.75, 3.05) is 0 Å². The molecule has 0 spiro atoms. The van der Waals surface area contributed by atoms with Crippen LogP contribution in [-0.2, 0) is 0 Å². The number of benzene rings is 1. The Morgan fingerprint density at radius 3 is 2.88 bits per heavy atom. The second-order valence-corrected chi connectivity index (χ2v) is 3.80. The third-order valence-electron chi connectivity index (χ3n) is 2.49. The number of halogens is 1. The van der Waals surface area contributed by atoms with Crippen LogP contribution in [0.5, 0.6) is 0 Å². The van der Waals surface area contributed by atoms with Gasteiger partial charge in [0.1, 0.15) is 0 Å². The molecule has 78 valence electrons. The second kappa shape index (κ2) is 3.61. The van der Waals surface area contributed by atoms with E-state index >= 15 is 0 Å². The minimum atomic E-state index is 0.266. The first kappa shape index (κ1) is 9.36. The lowest BCUT2D eigenvalue weighted by molar-refractivity contribution is 1.17. The summed E-state index contributed by atoms with van der Waals surface area (Å²) < 4.78 is 0. The van der Waals surface area contributed by atoms with Crippen LogP contribution in [0.15, 0.2) is 42.7 Å². The molecule has 0 aliphatic rings. The van der Waals surface area contributed by atoms with Gasteiger partial charge in [-0.1, -0.05) is 18.2 Å². The number of aromatic nitrogens is 3. The molecule has 2 aromatic heterocycles. The van der Waals surface area contributed by atoms with Crippen LogP contribution >= 0.6 is 11.6 Å². The summed E-state index contributed by atoms with van der Waals surface area (Å²) in [5.41, 5.74) is 2.96. The zero-order chi connectivity index (χ0) is 11.0. The Morgan fingerprint density at radius 1 is 1.12 bits per heavy atom. The normalized spacial score (nSPS) is 10.8. The van der Waals surface area contributed by atoms with Crippen molar-refractivity contribution in [1.29, 1.82) is 0 Å². The van der Waals surface area contributed by atoms with Gasteiger partial charge in [-0.25, -0.2) is 9.97 Å². The van der Waals surface area contributed by atoms with Crippen LogP contribution in [0, 0.1) is 0 Å². The van der Waals surface area contributed by atoms with E-state index in [0.717, 1.165) is 22.2 Å². The number of rotatable bonds is 1. The van der Waals surface area contributed by atoms with E-state index in [0.29, 0.717) is 0 Å². The van der Waals surface area contributed by atoms with Crippen LogP contribution in [0.1, 0.15) is 0 Å². The maximum absolute atomic E-state index is 5.78. The van der Waals surface area contributed by atoms with Crippen LogP contribution in [-0.4, -0.2) is 15.0 Å². The minimum absolute atomic E-state index is 0.266. The summed E-state index contributed by atoms with van der Waals surface area (Å²) >= 11 is 5.78. The van der Waals surface area contributed by atoms with E-state index in [4.69, 9.17) is 11.6 Å². The summed E-state index contributed by atoms with van der Waals surface area (Å²) in [4.78, 5) is 11.3. The number of nitrogens with one attached hydrogen (secondary N) is 1. The third-order valence-corrected chi connectivity index (χ3v) is 2.67. The zero-order valence-electron chi connectivity index (χ0n) is 8.31. The fourth-order valence-electron chi connectivity index (χ4n) is 1.77. The van der Waals surface area contributed by atoms with Crippen molar-refractivity contribution in [1.82, 2.24) is 15.0 Å². The summed E-state index contributed by atoms with van der Waals surface area (Å²) in [6, 6.07) is 9.93. The van der Waals surface area contributed by atoms with Crippen molar-refractivity contribution in [2.45, 2.75) is 0 Å². The van der Waals surface area contributed by atoms with Gasteiger partial charge in [-0.05, 0) is 23.7 Å². The molecule has 2 heterocycles. The summed E-state index contributed by atoms with van der Waals surface area (Å²) in [5, 5.41) is 1.40. The van der Waals surface area contributed by atoms with E-state index in [9.17, 15) is 0 Å². The molecule has 0 bridgehead atoms. The molecule has 0 amide bonds. The summed E-state index contributed by atoms with van der Waals surface area (Å²) in [7, 11) is 0. The monoisotopic (exact) mass is 229 g/mol. The Morgan fingerprint density at radius 2 is 2.00 bits per heavy atom. The number of aromatic amines is 1. The first-order chi connectivity index (χ1) is 7.84. The van der Waals surface area contributed by atoms with Gasteiger partial charge in [0.25, 0.3) is 0 Å². The van der Waals surface area contributed by atoms with Gasteiger partial charge in [0, 0.05) is 28.9 Å². The van der Waals surface area contributed by atoms with Crippen LogP contribution in [0.25, 0.3) is 22.2 Å². The Balaban J connectivity index is 2.26. The van der Waals surface area contributed by atoms with Crippen molar-refractivity contribution in [3.63, 3.8) is 0 Å². The van der Waals surface area contributed by atoms with E-state index in [1.165, 1.54) is 0 Å². The molecule has 1 aromatic carbocycles. The molecule has 4 heteroatoms. The topological polar surface area (TPSA) is 41.6 Å². The van der Waals surface area contributed by atoms with Gasteiger partial charge in [0.15, 0.2) is 0 Å². The molecule has 0 unspecified atom stereocenters. The van der Waals surface area contributed by atoms with E-state index in [-0.39, 0.29) is 5.28 Å². The van der Waals surface area contributed by atoms with E-state index in [1.54, 1.807) is 6.20 Å². The lowest BCUT2D eigenvalue weighted by Gasteiger charge is -1.98. The molecule has 3 aromatic rings. The van der Waals surface area contributed by atoms with Gasteiger partial charge in [-0.3, -0.25) is 0 Å². The zero-order valence-corrected chi connectivity index (χ0v) is 9.07. The number of fused-ring (bicyclic) bond motifs is 1. The molecule has 3 nitrogen and oxygen atoms in total. The predicted molar refractivity (Wildman–Crippen MR) is 64.3 cm³/mol. The minimum Gasteiger partial charge on any atom is -0.360 e. The van der Waals surface area contributed by atoms with E-state index in [1.807, 2.05) is 30.5 Å². The van der Waals surface area contributed by atoms with Crippen molar-refractivity contribution < 1.29 is 0 Å². The molecular formula is C12H8ClN3. The van der Waals surface area contributed by atoms with Crippen LogP contribution in [0.3, 0.4) is 0 Å². The SMILES string of the molecule is Clc1nccc(-c2c[nH]c3ccccc23)n1. The van der Waals surface area contributed by atoms with Gasteiger partial charge in [-0.15, -0.1) is 0 Å². The van der Waals surface area contributed by atoms with Gasteiger partial charge in [-0.2, -0.15) is 0 Å². The molecule has 0 atom stereocenters. The highest BCUT2D eigenvalue weighted by atomic mass is 35.5.